The first-order chi connectivity index (χ1) is 15.2. The maximum Gasteiger partial charge on any atom is 1.00 e. The molecule has 13 nitrogen and oxygen atoms in total. The first-order valence-corrected chi connectivity index (χ1v) is 9.67. The predicted octanol–water partition coefficient (Wildman–Crippen LogP) is -7.54. The topological polar surface area (TPSA) is 208 Å². The molecule has 10 atom stereocenters. The monoisotopic (exact) mass is 484 g/mol. The first-order valence-electron chi connectivity index (χ1n) is 9.67. The third-order valence-electron chi connectivity index (χ3n) is 5.23. The zero-order valence-corrected chi connectivity index (χ0v) is 19.8. The molecule has 2 heterocycles. The molecule has 14 heteroatoms. The molecule has 0 unspecified atom stereocenters. The number of rotatable bonds is 7. The molecule has 2 aliphatic rings. The van der Waals surface area contributed by atoms with Crippen LogP contribution in [0.3, 0.4) is 0 Å². The Morgan fingerprint density at radius 1 is 0.909 bits per heavy atom. The summed E-state index contributed by atoms with van der Waals surface area (Å²) in [5.41, 5.74) is 0. The minimum Gasteiger partial charge on any atom is -0.547 e. The minimum atomic E-state index is -2.05. The molecule has 33 heavy (non-hydrogen) atoms. The molecule has 1 aromatic rings. The number of benzene rings is 1. The van der Waals surface area contributed by atoms with E-state index < -0.39 is 74.0 Å². The first kappa shape index (κ1) is 28.2. The van der Waals surface area contributed by atoms with Crippen molar-refractivity contribution in [1.29, 1.82) is 0 Å². The molecule has 0 bridgehead atoms. The van der Waals surface area contributed by atoms with Crippen LogP contribution in [-0.4, -0.2) is 112 Å². The molecule has 2 fully saturated rings. The van der Waals surface area contributed by atoms with Gasteiger partial charge in [-0.2, -0.15) is 0 Å². The van der Waals surface area contributed by atoms with Gasteiger partial charge in [-0.25, -0.2) is 0 Å². The molecule has 6 N–H and O–H groups in total. The van der Waals surface area contributed by atoms with Gasteiger partial charge in [-0.05, 0) is 24.3 Å². The fraction of sp³-hybridized carbons (Fsp3) is 0.632. The summed E-state index contributed by atoms with van der Waals surface area (Å²) >= 11 is 0. The second-order valence-electron chi connectivity index (χ2n) is 7.32. The third kappa shape index (κ3) is 6.14. The number of carboxylic acid groups (broad SMARTS) is 1. The average molecular weight is 484 g/mol. The van der Waals surface area contributed by atoms with E-state index in [0.29, 0.717) is 5.75 Å². The van der Waals surface area contributed by atoms with Crippen molar-refractivity contribution in [3.05, 3.63) is 24.3 Å². The molecule has 0 aromatic heterocycles. The second-order valence-corrected chi connectivity index (χ2v) is 7.32. The van der Waals surface area contributed by atoms with Crippen molar-refractivity contribution in [3.63, 3.8) is 0 Å². The SMILES string of the molecule is COc1ccc(O[C@@H]2O[C@H](CO)[C@H](O)[C@H](O[C@@H]3O[C@H](C(=O)[O-])[C@@H](O)[C@H](O)[C@H]3O)[C@H]2O)cc1.[Na+]. The van der Waals surface area contributed by atoms with Crippen LogP contribution in [0.25, 0.3) is 0 Å². The Labute approximate surface area is 210 Å². The average Bonchev–Trinajstić information content (AvgIpc) is 2.78. The molecular formula is C19H25NaO13. The number of aliphatic hydroxyl groups excluding tert-OH is 6. The number of carbonyl (C=O) groups is 1. The summed E-state index contributed by atoms with van der Waals surface area (Å²) in [6, 6.07) is 6.19. The Morgan fingerprint density at radius 2 is 1.52 bits per heavy atom. The van der Waals surface area contributed by atoms with Gasteiger partial charge < -0.3 is 64.2 Å². The van der Waals surface area contributed by atoms with Crippen molar-refractivity contribution in [2.24, 2.45) is 0 Å². The maximum absolute atomic E-state index is 11.2. The van der Waals surface area contributed by atoms with E-state index >= 15 is 0 Å². The molecule has 0 saturated carbocycles. The number of hydrogen-bond acceptors (Lipinski definition) is 13. The van der Waals surface area contributed by atoms with Gasteiger partial charge in [-0.3, -0.25) is 0 Å². The summed E-state index contributed by atoms with van der Waals surface area (Å²) in [5.74, 6) is -1.09. The predicted molar refractivity (Wildman–Crippen MR) is 97.9 cm³/mol. The Morgan fingerprint density at radius 3 is 2.06 bits per heavy atom. The number of ether oxygens (including phenoxy) is 5. The normalized spacial score (nSPS) is 38.8. The second kappa shape index (κ2) is 12.1. The van der Waals surface area contributed by atoms with E-state index in [2.05, 4.69) is 0 Å². The summed E-state index contributed by atoms with van der Waals surface area (Å²) in [5, 5.41) is 71.6. The fourth-order valence-corrected chi connectivity index (χ4v) is 3.41. The number of carboxylic acids is 1. The molecule has 180 valence electrons. The number of aliphatic hydroxyl groups is 6. The van der Waals surface area contributed by atoms with Gasteiger partial charge in [0.2, 0.25) is 6.29 Å². The van der Waals surface area contributed by atoms with Gasteiger partial charge in [0.15, 0.2) is 6.29 Å². The van der Waals surface area contributed by atoms with E-state index in [0.717, 1.165) is 0 Å². The van der Waals surface area contributed by atoms with Crippen LogP contribution < -0.4 is 44.1 Å². The Balaban J connectivity index is 0.00000385. The minimum absolute atomic E-state index is 0. The fourth-order valence-electron chi connectivity index (χ4n) is 3.41. The van der Waals surface area contributed by atoms with Crippen molar-refractivity contribution in [2.45, 2.75) is 61.4 Å². The number of aliphatic carboxylic acids is 1. The van der Waals surface area contributed by atoms with Gasteiger partial charge in [0.25, 0.3) is 0 Å². The Kier molecular flexibility index (Phi) is 10.3. The number of carbonyl (C=O) groups excluding carboxylic acids is 1. The molecule has 0 amide bonds. The number of hydrogen-bond donors (Lipinski definition) is 6. The van der Waals surface area contributed by atoms with Crippen LogP contribution in [0, 0.1) is 0 Å². The summed E-state index contributed by atoms with van der Waals surface area (Å²) in [4.78, 5) is 11.2. The third-order valence-corrected chi connectivity index (χ3v) is 5.23. The van der Waals surface area contributed by atoms with Crippen molar-refractivity contribution in [3.8, 4) is 11.5 Å². The van der Waals surface area contributed by atoms with Gasteiger partial charge in [0.05, 0.1) is 19.7 Å². The zero-order chi connectivity index (χ0) is 23.6. The van der Waals surface area contributed by atoms with E-state index in [9.17, 15) is 40.5 Å². The van der Waals surface area contributed by atoms with Crippen molar-refractivity contribution in [2.75, 3.05) is 13.7 Å². The molecular weight excluding hydrogens is 459 g/mol. The van der Waals surface area contributed by atoms with Crippen LogP contribution in [0.4, 0.5) is 0 Å². The van der Waals surface area contributed by atoms with Crippen molar-refractivity contribution in [1.82, 2.24) is 0 Å². The zero-order valence-electron chi connectivity index (χ0n) is 17.8. The van der Waals surface area contributed by atoms with E-state index in [1.807, 2.05) is 0 Å². The van der Waals surface area contributed by atoms with Crippen LogP contribution in [0.1, 0.15) is 0 Å². The van der Waals surface area contributed by atoms with Gasteiger partial charge in [0.1, 0.15) is 60.3 Å². The molecule has 0 spiro atoms. The molecule has 0 aliphatic carbocycles. The summed E-state index contributed by atoms with van der Waals surface area (Å²) in [6.07, 6.45) is -17.6. The summed E-state index contributed by atoms with van der Waals surface area (Å²) < 4.78 is 26.3. The van der Waals surface area contributed by atoms with E-state index in [1.165, 1.54) is 19.2 Å². The van der Waals surface area contributed by atoms with E-state index in [-0.39, 0.29) is 35.3 Å². The molecule has 1 aromatic carbocycles. The smallest absolute Gasteiger partial charge is 0.547 e. The van der Waals surface area contributed by atoms with Gasteiger partial charge >= 0.3 is 29.6 Å². The summed E-state index contributed by atoms with van der Waals surface area (Å²) in [6.45, 7) is -0.701. The van der Waals surface area contributed by atoms with Crippen molar-refractivity contribution >= 4 is 5.97 Å². The Hall–Kier alpha value is -1.07. The van der Waals surface area contributed by atoms with E-state index in [4.69, 9.17) is 23.7 Å². The van der Waals surface area contributed by atoms with Crippen LogP contribution >= 0.6 is 0 Å². The largest absolute Gasteiger partial charge is 1.00 e. The van der Waals surface area contributed by atoms with Gasteiger partial charge in [0, 0.05) is 0 Å². The van der Waals surface area contributed by atoms with E-state index in [1.54, 1.807) is 12.1 Å². The van der Waals surface area contributed by atoms with Gasteiger partial charge in [-0.1, -0.05) is 0 Å². The summed E-state index contributed by atoms with van der Waals surface area (Å²) in [7, 11) is 1.47. The Bertz CT molecular complexity index is 765. The van der Waals surface area contributed by atoms with Crippen molar-refractivity contribution < 1.29 is 93.8 Å². The maximum atomic E-state index is 11.2. The molecule has 2 saturated heterocycles. The molecule has 3 rings (SSSR count). The molecule has 0 radical (unpaired) electrons. The number of methoxy groups -OCH3 is 1. The van der Waals surface area contributed by atoms with Gasteiger partial charge in [-0.15, -0.1) is 0 Å². The van der Waals surface area contributed by atoms with Crippen LogP contribution in [-0.2, 0) is 19.0 Å². The quantitative estimate of drug-likeness (QED) is 0.199. The van der Waals surface area contributed by atoms with Crippen LogP contribution in [0.15, 0.2) is 24.3 Å². The standard InChI is InChI=1S/C19H26O13.Na/c1-28-7-2-4-8(5-3-7)29-19-14(25)15(10(21)9(6-20)30-19)31-18-13(24)11(22)12(23)16(32-18)17(26)27;/h2-5,9-16,18-25H,6H2,1H3,(H,26,27);/q;+1/p-1/t9-,10+,11+,12+,13-,14-,15+,16+,18-,19-;/m1./s1. The molecule has 2 aliphatic heterocycles. The van der Waals surface area contributed by atoms with Crippen LogP contribution in [0.2, 0.25) is 0 Å². The van der Waals surface area contributed by atoms with Crippen LogP contribution in [0.5, 0.6) is 11.5 Å².